The van der Waals surface area contributed by atoms with Crippen molar-refractivity contribution in [2.24, 2.45) is 0 Å². The number of hydrogen-bond donors (Lipinski definition) is 1. The lowest BCUT2D eigenvalue weighted by Gasteiger charge is -2.22. The van der Waals surface area contributed by atoms with Crippen LogP contribution < -0.4 is 10.2 Å². The Hall–Kier alpha value is -1.13. The number of hydrogen-bond acceptors (Lipinski definition) is 2. The quantitative estimate of drug-likeness (QED) is 0.896. The van der Waals surface area contributed by atoms with Gasteiger partial charge in [-0.05, 0) is 38.0 Å². The lowest BCUT2D eigenvalue weighted by atomic mass is 10.2. The zero-order valence-electron chi connectivity index (χ0n) is 10.4. The Morgan fingerprint density at radius 1 is 1.50 bits per heavy atom. The molecule has 18 heavy (non-hydrogen) atoms. The summed E-state index contributed by atoms with van der Waals surface area (Å²) in [5.41, 5.74) is 0.604. The molecule has 5 heteroatoms. The Labute approximate surface area is 111 Å². The summed E-state index contributed by atoms with van der Waals surface area (Å²) in [5, 5.41) is 3.26. The molecule has 1 aliphatic rings. The highest BCUT2D eigenvalue weighted by Gasteiger charge is 2.29. The SMILES string of the molecule is C[C@@H]1CC[C@@H](C(=O)N(C)c2ccc(F)c(Cl)c2)N1. The predicted octanol–water partition coefficient (Wildman–Crippen LogP) is 2.58. The van der Waals surface area contributed by atoms with E-state index < -0.39 is 5.82 Å². The van der Waals surface area contributed by atoms with Gasteiger partial charge < -0.3 is 10.2 Å². The molecule has 0 saturated carbocycles. The topological polar surface area (TPSA) is 32.3 Å². The predicted molar refractivity (Wildman–Crippen MR) is 70.4 cm³/mol. The number of rotatable bonds is 2. The molecule has 1 aliphatic heterocycles. The molecule has 1 aromatic rings. The van der Waals surface area contributed by atoms with Crippen LogP contribution in [0.3, 0.4) is 0 Å². The van der Waals surface area contributed by atoms with Gasteiger partial charge in [0.1, 0.15) is 5.82 Å². The van der Waals surface area contributed by atoms with Crippen LogP contribution in [0.1, 0.15) is 19.8 Å². The molecule has 2 rings (SSSR count). The molecule has 1 amide bonds. The Bertz CT molecular complexity index is 466. The van der Waals surface area contributed by atoms with E-state index in [0.29, 0.717) is 11.7 Å². The van der Waals surface area contributed by atoms with Crippen molar-refractivity contribution in [2.75, 3.05) is 11.9 Å². The van der Waals surface area contributed by atoms with Crippen molar-refractivity contribution in [3.8, 4) is 0 Å². The number of carbonyl (C=O) groups excluding carboxylic acids is 1. The Morgan fingerprint density at radius 2 is 2.22 bits per heavy atom. The van der Waals surface area contributed by atoms with Crippen LogP contribution >= 0.6 is 11.6 Å². The first-order valence-electron chi connectivity index (χ1n) is 5.97. The molecule has 1 heterocycles. The van der Waals surface area contributed by atoms with Crippen LogP contribution in [-0.4, -0.2) is 25.0 Å². The van der Waals surface area contributed by atoms with Gasteiger partial charge in [0.05, 0.1) is 11.1 Å². The van der Waals surface area contributed by atoms with E-state index in [1.807, 2.05) is 0 Å². The molecule has 1 N–H and O–H groups in total. The molecule has 0 bridgehead atoms. The molecule has 2 atom stereocenters. The molecule has 0 unspecified atom stereocenters. The van der Waals surface area contributed by atoms with Gasteiger partial charge in [0, 0.05) is 18.8 Å². The third kappa shape index (κ3) is 2.65. The van der Waals surface area contributed by atoms with Crippen LogP contribution in [0.5, 0.6) is 0 Å². The maximum Gasteiger partial charge on any atom is 0.243 e. The average molecular weight is 271 g/mol. The monoisotopic (exact) mass is 270 g/mol. The lowest BCUT2D eigenvalue weighted by molar-refractivity contribution is -0.120. The fraction of sp³-hybridized carbons (Fsp3) is 0.462. The Kier molecular flexibility index (Phi) is 3.88. The van der Waals surface area contributed by atoms with Crippen molar-refractivity contribution in [3.05, 3.63) is 29.0 Å². The third-order valence-corrected chi connectivity index (χ3v) is 3.58. The zero-order valence-corrected chi connectivity index (χ0v) is 11.2. The number of benzene rings is 1. The van der Waals surface area contributed by atoms with Crippen molar-refractivity contribution in [2.45, 2.75) is 31.8 Å². The van der Waals surface area contributed by atoms with Crippen LogP contribution in [0, 0.1) is 5.82 Å². The second kappa shape index (κ2) is 5.24. The maximum atomic E-state index is 13.1. The lowest BCUT2D eigenvalue weighted by Crippen LogP contribution is -2.43. The third-order valence-electron chi connectivity index (χ3n) is 3.29. The molecule has 1 aromatic carbocycles. The molecular weight excluding hydrogens is 255 g/mol. The highest BCUT2D eigenvalue weighted by molar-refractivity contribution is 6.31. The molecule has 0 spiro atoms. The number of carbonyl (C=O) groups is 1. The van der Waals surface area contributed by atoms with Crippen molar-refractivity contribution >= 4 is 23.2 Å². The highest BCUT2D eigenvalue weighted by Crippen LogP contribution is 2.23. The summed E-state index contributed by atoms with van der Waals surface area (Å²) >= 11 is 5.72. The average Bonchev–Trinajstić information content (AvgIpc) is 2.77. The van der Waals surface area contributed by atoms with E-state index in [9.17, 15) is 9.18 Å². The summed E-state index contributed by atoms with van der Waals surface area (Å²) in [6, 6.07) is 4.49. The van der Waals surface area contributed by atoms with Gasteiger partial charge in [-0.2, -0.15) is 0 Å². The summed E-state index contributed by atoms with van der Waals surface area (Å²) in [7, 11) is 1.68. The van der Waals surface area contributed by atoms with Crippen LogP contribution in [0.25, 0.3) is 0 Å². The molecule has 1 saturated heterocycles. The largest absolute Gasteiger partial charge is 0.314 e. The fourth-order valence-electron chi connectivity index (χ4n) is 2.18. The van der Waals surface area contributed by atoms with E-state index >= 15 is 0 Å². The van der Waals surface area contributed by atoms with E-state index in [1.54, 1.807) is 13.1 Å². The van der Waals surface area contributed by atoms with Crippen LogP contribution in [0.4, 0.5) is 10.1 Å². The smallest absolute Gasteiger partial charge is 0.243 e. The van der Waals surface area contributed by atoms with Gasteiger partial charge in [0.25, 0.3) is 0 Å². The van der Waals surface area contributed by atoms with E-state index in [1.165, 1.54) is 17.0 Å². The zero-order chi connectivity index (χ0) is 13.3. The molecular formula is C13H16ClFN2O. The standard InChI is InChI=1S/C13H16ClFN2O/c1-8-3-6-12(16-8)13(18)17(2)9-4-5-11(15)10(14)7-9/h4-5,7-8,12,16H,3,6H2,1-2H3/t8-,12+/m1/s1. The number of nitrogens with zero attached hydrogens (tertiary/aromatic N) is 1. The summed E-state index contributed by atoms with van der Waals surface area (Å²) in [6.45, 7) is 2.06. The van der Waals surface area contributed by atoms with E-state index in [-0.39, 0.29) is 17.0 Å². The second-order valence-electron chi connectivity index (χ2n) is 4.69. The van der Waals surface area contributed by atoms with Crippen molar-refractivity contribution < 1.29 is 9.18 Å². The van der Waals surface area contributed by atoms with Crippen molar-refractivity contribution in [1.82, 2.24) is 5.32 Å². The maximum absolute atomic E-state index is 13.1. The number of likely N-dealkylation sites (N-methyl/N-ethyl adjacent to an activating group) is 1. The number of anilines is 1. The summed E-state index contributed by atoms with van der Waals surface area (Å²) in [5.74, 6) is -0.490. The van der Waals surface area contributed by atoms with Gasteiger partial charge in [0.2, 0.25) is 5.91 Å². The van der Waals surface area contributed by atoms with Crippen LogP contribution in [0.2, 0.25) is 5.02 Å². The van der Waals surface area contributed by atoms with Gasteiger partial charge in [0.15, 0.2) is 0 Å². The van der Waals surface area contributed by atoms with Gasteiger partial charge >= 0.3 is 0 Å². The molecule has 98 valence electrons. The van der Waals surface area contributed by atoms with Crippen LogP contribution in [-0.2, 0) is 4.79 Å². The second-order valence-corrected chi connectivity index (χ2v) is 5.10. The van der Waals surface area contributed by atoms with E-state index in [2.05, 4.69) is 12.2 Å². The first-order chi connectivity index (χ1) is 8.49. The number of amides is 1. The fourth-order valence-corrected chi connectivity index (χ4v) is 2.35. The van der Waals surface area contributed by atoms with Crippen molar-refractivity contribution in [1.29, 1.82) is 0 Å². The molecule has 0 aromatic heterocycles. The van der Waals surface area contributed by atoms with Crippen LogP contribution in [0.15, 0.2) is 18.2 Å². The number of nitrogens with one attached hydrogen (secondary N) is 1. The Morgan fingerprint density at radius 3 is 2.78 bits per heavy atom. The first-order valence-corrected chi connectivity index (χ1v) is 6.35. The molecule has 0 radical (unpaired) electrons. The minimum absolute atomic E-state index is 0.0120. The van der Waals surface area contributed by atoms with Gasteiger partial charge in [-0.15, -0.1) is 0 Å². The molecule has 0 aliphatic carbocycles. The number of halogens is 2. The summed E-state index contributed by atoms with van der Waals surface area (Å²) in [6.07, 6.45) is 1.83. The highest BCUT2D eigenvalue weighted by atomic mass is 35.5. The molecule has 3 nitrogen and oxygen atoms in total. The Balaban J connectivity index is 2.12. The van der Waals surface area contributed by atoms with Crippen molar-refractivity contribution in [3.63, 3.8) is 0 Å². The van der Waals surface area contributed by atoms with Gasteiger partial charge in [-0.1, -0.05) is 11.6 Å². The minimum Gasteiger partial charge on any atom is -0.314 e. The minimum atomic E-state index is -0.478. The normalized spacial score (nSPS) is 23.1. The van der Waals surface area contributed by atoms with E-state index in [4.69, 9.17) is 11.6 Å². The van der Waals surface area contributed by atoms with Gasteiger partial charge in [-0.3, -0.25) is 4.79 Å². The van der Waals surface area contributed by atoms with E-state index in [0.717, 1.165) is 12.8 Å². The summed E-state index contributed by atoms with van der Waals surface area (Å²) in [4.78, 5) is 13.7. The molecule has 1 fully saturated rings. The summed E-state index contributed by atoms with van der Waals surface area (Å²) < 4.78 is 13.1. The van der Waals surface area contributed by atoms with Gasteiger partial charge in [-0.25, -0.2) is 4.39 Å². The first kappa shape index (κ1) is 13.3.